The van der Waals surface area contributed by atoms with Gasteiger partial charge in [0.1, 0.15) is 12.4 Å². The zero-order valence-electron chi connectivity index (χ0n) is 16.4. The number of nitrogens with zero attached hydrogens (tertiary/aromatic N) is 1. The Morgan fingerprint density at radius 3 is 2.10 bits per heavy atom. The lowest BCUT2D eigenvalue weighted by molar-refractivity contribution is -0.114. The van der Waals surface area contributed by atoms with Crippen LogP contribution in [-0.2, 0) is 14.8 Å². The zero-order chi connectivity index (χ0) is 21.9. The zero-order valence-corrected chi connectivity index (χ0v) is 18.8. The van der Waals surface area contributed by atoms with Gasteiger partial charge in [-0.2, -0.15) is 0 Å². The molecule has 0 radical (unpaired) electrons. The van der Waals surface area contributed by atoms with E-state index in [0.29, 0.717) is 10.2 Å². The number of halogens is 2. The normalized spacial score (nSPS) is 11.2. The molecular weight excluding hydrogens is 471 g/mol. The highest BCUT2D eigenvalue weighted by atomic mass is 79.9. The number of benzene rings is 3. The van der Waals surface area contributed by atoms with Crippen molar-refractivity contribution in [2.24, 2.45) is 0 Å². The van der Waals surface area contributed by atoms with E-state index in [2.05, 4.69) is 21.2 Å². The van der Waals surface area contributed by atoms with E-state index in [1.54, 1.807) is 42.5 Å². The first-order chi connectivity index (χ1) is 14.2. The lowest BCUT2D eigenvalue weighted by Crippen LogP contribution is -2.38. The number of anilines is 2. The lowest BCUT2D eigenvalue weighted by Gasteiger charge is -2.24. The molecule has 0 atom stereocenters. The molecule has 0 bridgehead atoms. The summed E-state index contributed by atoms with van der Waals surface area (Å²) >= 11 is 3.16. The van der Waals surface area contributed by atoms with E-state index in [4.69, 9.17) is 0 Å². The van der Waals surface area contributed by atoms with Crippen LogP contribution < -0.4 is 9.62 Å². The van der Waals surface area contributed by atoms with Crippen molar-refractivity contribution < 1.29 is 17.6 Å². The van der Waals surface area contributed by atoms with Crippen LogP contribution in [0.25, 0.3) is 0 Å². The number of rotatable bonds is 6. The first-order valence-electron chi connectivity index (χ1n) is 9.08. The predicted octanol–water partition coefficient (Wildman–Crippen LogP) is 5.04. The van der Waals surface area contributed by atoms with Crippen molar-refractivity contribution in [1.29, 1.82) is 0 Å². The topological polar surface area (TPSA) is 66.5 Å². The van der Waals surface area contributed by atoms with Crippen molar-refractivity contribution in [2.45, 2.75) is 18.7 Å². The molecule has 0 heterocycles. The van der Waals surface area contributed by atoms with Crippen LogP contribution in [0.5, 0.6) is 0 Å². The molecule has 0 saturated heterocycles. The van der Waals surface area contributed by atoms with Crippen LogP contribution in [0.4, 0.5) is 15.8 Å². The van der Waals surface area contributed by atoms with E-state index in [-0.39, 0.29) is 10.6 Å². The van der Waals surface area contributed by atoms with Gasteiger partial charge in [0.05, 0.1) is 16.3 Å². The Bertz CT molecular complexity index is 1160. The van der Waals surface area contributed by atoms with Crippen molar-refractivity contribution >= 4 is 43.2 Å². The Labute approximate surface area is 183 Å². The third-order valence-electron chi connectivity index (χ3n) is 4.42. The molecule has 0 saturated carbocycles. The van der Waals surface area contributed by atoms with Crippen molar-refractivity contribution in [3.05, 3.63) is 88.1 Å². The highest BCUT2D eigenvalue weighted by molar-refractivity contribution is 9.10. The van der Waals surface area contributed by atoms with E-state index >= 15 is 0 Å². The fourth-order valence-electron chi connectivity index (χ4n) is 2.77. The molecule has 0 aliphatic heterocycles. The highest BCUT2D eigenvalue weighted by Crippen LogP contribution is 2.25. The molecule has 1 N–H and O–H groups in total. The van der Waals surface area contributed by atoms with E-state index in [1.807, 2.05) is 13.8 Å². The average molecular weight is 491 g/mol. The van der Waals surface area contributed by atoms with E-state index in [0.717, 1.165) is 15.4 Å². The van der Waals surface area contributed by atoms with E-state index in [1.165, 1.54) is 24.3 Å². The van der Waals surface area contributed by atoms with Crippen LogP contribution >= 0.6 is 15.9 Å². The van der Waals surface area contributed by atoms with Gasteiger partial charge < -0.3 is 5.32 Å². The van der Waals surface area contributed by atoms with Gasteiger partial charge >= 0.3 is 0 Å². The summed E-state index contributed by atoms with van der Waals surface area (Å²) in [5.41, 5.74) is 2.18. The van der Waals surface area contributed by atoms with Gasteiger partial charge in [0, 0.05) is 4.47 Å². The number of sulfonamides is 1. The van der Waals surface area contributed by atoms with Crippen LogP contribution in [0.2, 0.25) is 0 Å². The maximum Gasteiger partial charge on any atom is 0.264 e. The minimum atomic E-state index is -4.02. The molecule has 0 fully saturated rings. The number of nitrogens with one attached hydrogen (secondary N) is 1. The van der Waals surface area contributed by atoms with Gasteiger partial charge in [-0.1, -0.05) is 51.3 Å². The molecule has 5 nitrogen and oxygen atoms in total. The van der Waals surface area contributed by atoms with Gasteiger partial charge in [-0.25, -0.2) is 12.8 Å². The van der Waals surface area contributed by atoms with Crippen molar-refractivity contribution in [3.63, 3.8) is 0 Å². The average Bonchev–Trinajstić information content (AvgIpc) is 2.69. The second kappa shape index (κ2) is 8.97. The third-order valence-corrected chi connectivity index (χ3v) is 6.70. The maximum absolute atomic E-state index is 14.1. The molecule has 30 heavy (non-hydrogen) atoms. The van der Waals surface area contributed by atoms with Crippen molar-refractivity contribution in [2.75, 3.05) is 16.2 Å². The van der Waals surface area contributed by atoms with Crippen LogP contribution in [0.1, 0.15) is 11.1 Å². The maximum atomic E-state index is 14.1. The van der Waals surface area contributed by atoms with E-state index < -0.39 is 28.3 Å². The Balaban J connectivity index is 1.94. The third kappa shape index (κ3) is 5.06. The molecule has 0 spiro atoms. The quantitative estimate of drug-likeness (QED) is 0.526. The second-order valence-electron chi connectivity index (χ2n) is 6.83. The van der Waals surface area contributed by atoms with Crippen LogP contribution in [0.3, 0.4) is 0 Å². The minimum Gasteiger partial charge on any atom is -0.322 e. The molecule has 156 valence electrons. The number of hydrogen-bond donors (Lipinski definition) is 1. The molecule has 8 heteroatoms. The molecule has 3 aromatic rings. The minimum absolute atomic E-state index is 0.0280. The number of carbonyl (C=O) groups is 1. The Morgan fingerprint density at radius 2 is 1.53 bits per heavy atom. The Morgan fingerprint density at radius 1 is 0.967 bits per heavy atom. The summed E-state index contributed by atoms with van der Waals surface area (Å²) in [5.74, 6) is -1.28. The van der Waals surface area contributed by atoms with Crippen LogP contribution in [-0.4, -0.2) is 20.9 Å². The SMILES string of the molecule is Cc1ccc(N(CC(=O)Nc2ccc(Br)cc2F)S(=O)(=O)c2ccc(C)cc2)cc1. The fraction of sp³-hybridized carbons (Fsp3) is 0.136. The molecule has 3 aromatic carbocycles. The summed E-state index contributed by atoms with van der Waals surface area (Å²) < 4.78 is 42.2. The summed E-state index contributed by atoms with van der Waals surface area (Å²) in [7, 11) is -4.02. The summed E-state index contributed by atoms with van der Waals surface area (Å²) in [6, 6.07) is 17.4. The molecule has 3 rings (SSSR count). The van der Waals surface area contributed by atoms with Gasteiger partial charge in [-0.3, -0.25) is 9.10 Å². The van der Waals surface area contributed by atoms with Gasteiger partial charge in [0.25, 0.3) is 10.0 Å². The van der Waals surface area contributed by atoms with Gasteiger partial charge in [0.15, 0.2) is 0 Å². The van der Waals surface area contributed by atoms with Gasteiger partial charge in [0.2, 0.25) is 5.91 Å². The Kier molecular flexibility index (Phi) is 6.58. The first kappa shape index (κ1) is 22.0. The second-order valence-corrected chi connectivity index (χ2v) is 9.61. The molecular formula is C22H20BrFN2O3S. The monoisotopic (exact) mass is 490 g/mol. The lowest BCUT2D eigenvalue weighted by atomic mass is 10.2. The summed E-state index contributed by atoms with van der Waals surface area (Å²) in [6.07, 6.45) is 0. The van der Waals surface area contributed by atoms with E-state index in [9.17, 15) is 17.6 Å². The molecule has 1 amide bonds. The van der Waals surface area contributed by atoms with Gasteiger partial charge in [-0.15, -0.1) is 0 Å². The van der Waals surface area contributed by atoms with Crippen molar-refractivity contribution in [1.82, 2.24) is 0 Å². The standard InChI is InChI=1S/C22H20BrFN2O3S/c1-15-3-8-18(9-4-15)26(30(28,29)19-10-5-16(2)6-11-19)14-22(27)25-21-12-7-17(23)13-20(21)24/h3-13H,14H2,1-2H3,(H,25,27). The largest absolute Gasteiger partial charge is 0.322 e. The number of aryl methyl sites for hydroxylation is 2. The predicted molar refractivity (Wildman–Crippen MR) is 120 cm³/mol. The Hall–Kier alpha value is -2.71. The summed E-state index contributed by atoms with van der Waals surface area (Å²) in [6.45, 7) is 3.23. The molecule has 0 unspecified atom stereocenters. The molecule has 0 aliphatic rings. The van der Waals surface area contributed by atoms with Crippen LogP contribution in [0.15, 0.2) is 76.1 Å². The highest BCUT2D eigenvalue weighted by Gasteiger charge is 2.27. The van der Waals surface area contributed by atoms with Gasteiger partial charge in [-0.05, 0) is 56.3 Å². The van der Waals surface area contributed by atoms with Crippen LogP contribution in [0, 0.1) is 19.7 Å². The summed E-state index contributed by atoms with van der Waals surface area (Å²) in [5, 5.41) is 2.44. The molecule has 0 aromatic heterocycles. The fourth-order valence-corrected chi connectivity index (χ4v) is 4.53. The number of hydrogen-bond acceptors (Lipinski definition) is 3. The number of amides is 1. The smallest absolute Gasteiger partial charge is 0.264 e. The molecule has 0 aliphatic carbocycles. The first-order valence-corrected chi connectivity index (χ1v) is 11.3. The van der Waals surface area contributed by atoms with Crippen molar-refractivity contribution in [3.8, 4) is 0 Å². The summed E-state index contributed by atoms with van der Waals surface area (Å²) in [4.78, 5) is 12.7. The number of carbonyl (C=O) groups excluding carboxylic acids is 1.